The first-order chi connectivity index (χ1) is 11.4. The van der Waals surface area contributed by atoms with Crippen molar-refractivity contribution in [2.45, 2.75) is 26.9 Å². The van der Waals surface area contributed by atoms with Gasteiger partial charge in [-0.05, 0) is 37.1 Å². The van der Waals surface area contributed by atoms with Crippen LogP contribution in [0.25, 0.3) is 0 Å². The minimum absolute atomic E-state index is 0.0530. The van der Waals surface area contributed by atoms with Crippen molar-refractivity contribution in [3.05, 3.63) is 58.8 Å². The van der Waals surface area contributed by atoms with Crippen LogP contribution in [-0.4, -0.2) is 28.5 Å². The first-order valence-corrected chi connectivity index (χ1v) is 8.08. The lowest BCUT2D eigenvalue weighted by Gasteiger charge is -2.18. The summed E-state index contributed by atoms with van der Waals surface area (Å²) in [6.07, 6.45) is 0.647. The van der Waals surface area contributed by atoms with E-state index in [9.17, 15) is 8.78 Å². The number of pyridine rings is 1. The van der Waals surface area contributed by atoms with Crippen molar-refractivity contribution >= 4 is 17.2 Å². The zero-order valence-electron chi connectivity index (χ0n) is 14.0. The van der Waals surface area contributed by atoms with E-state index in [4.69, 9.17) is 17.0 Å². The molecule has 0 aliphatic heterocycles. The van der Waals surface area contributed by atoms with Crippen molar-refractivity contribution in [2.75, 3.05) is 13.6 Å². The molecule has 0 aliphatic carbocycles. The second-order valence-electron chi connectivity index (χ2n) is 5.55. The summed E-state index contributed by atoms with van der Waals surface area (Å²) in [5, 5.41) is 0. The summed E-state index contributed by atoms with van der Waals surface area (Å²) in [5.74, 6) is -0.834. The Kier molecular flexibility index (Phi) is 6.20. The molecule has 0 fully saturated rings. The molecule has 6 heteroatoms. The van der Waals surface area contributed by atoms with Crippen LogP contribution in [0.3, 0.4) is 0 Å². The number of aromatic nitrogens is 1. The Hall–Kier alpha value is -2.08. The Morgan fingerprint density at radius 1 is 1.21 bits per heavy atom. The third-order valence-corrected chi connectivity index (χ3v) is 4.18. The molecule has 1 aromatic heterocycles. The van der Waals surface area contributed by atoms with E-state index >= 15 is 0 Å². The number of nitrogens with zero attached hydrogens (tertiary/aromatic N) is 2. The average Bonchev–Trinajstić information content (AvgIpc) is 2.53. The third-order valence-electron chi connectivity index (χ3n) is 3.72. The van der Waals surface area contributed by atoms with Gasteiger partial charge in [0.05, 0.1) is 4.99 Å². The molecule has 0 bridgehead atoms. The molecular formula is C18H20F2N2OS. The van der Waals surface area contributed by atoms with E-state index in [2.05, 4.69) is 4.98 Å². The van der Waals surface area contributed by atoms with Crippen LogP contribution in [0.2, 0.25) is 0 Å². The van der Waals surface area contributed by atoms with Crippen molar-refractivity contribution < 1.29 is 13.5 Å². The van der Waals surface area contributed by atoms with E-state index in [1.165, 1.54) is 12.1 Å². The number of aryl methyl sites for hydroxylation is 1. The highest BCUT2D eigenvalue weighted by Gasteiger charge is 2.09. The van der Waals surface area contributed by atoms with Crippen LogP contribution in [0.4, 0.5) is 8.78 Å². The Bertz CT molecular complexity index is 717. The first-order valence-electron chi connectivity index (χ1n) is 7.67. The summed E-state index contributed by atoms with van der Waals surface area (Å²) in [4.78, 5) is 7.25. The number of hydrogen-bond donors (Lipinski definition) is 0. The van der Waals surface area contributed by atoms with Gasteiger partial charge < -0.3 is 9.64 Å². The van der Waals surface area contributed by atoms with E-state index < -0.39 is 11.6 Å². The largest absolute Gasteiger partial charge is 0.473 e. The maximum absolute atomic E-state index is 13.2. The van der Waals surface area contributed by atoms with Gasteiger partial charge in [-0.1, -0.05) is 18.3 Å². The lowest BCUT2D eigenvalue weighted by atomic mass is 10.1. The van der Waals surface area contributed by atoms with Gasteiger partial charge in [-0.15, -0.1) is 0 Å². The maximum Gasteiger partial charge on any atom is 0.213 e. The first kappa shape index (κ1) is 18.3. The van der Waals surface area contributed by atoms with Crippen molar-refractivity contribution in [1.82, 2.24) is 9.88 Å². The standard InChI is InChI=1S/C18H20F2N2OS/c1-4-22(3)18(24)9-14-5-6-17(21-12(14)2)23-11-13-7-15(19)10-16(20)8-13/h5-8,10H,4,9,11H2,1-3H3. The second-order valence-corrected chi connectivity index (χ2v) is 6.02. The van der Waals surface area contributed by atoms with Gasteiger partial charge in [0.2, 0.25) is 5.88 Å². The average molecular weight is 350 g/mol. The molecule has 1 heterocycles. The molecule has 3 nitrogen and oxygen atoms in total. The van der Waals surface area contributed by atoms with E-state index in [-0.39, 0.29) is 6.61 Å². The highest BCUT2D eigenvalue weighted by molar-refractivity contribution is 7.80. The Labute approximate surface area is 146 Å². The monoisotopic (exact) mass is 350 g/mol. The highest BCUT2D eigenvalue weighted by atomic mass is 32.1. The molecule has 0 unspecified atom stereocenters. The van der Waals surface area contributed by atoms with Gasteiger partial charge in [0, 0.05) is 37.8 Å². The van der Waals surface area contributed by atoms with Gasteiger partial charge >= 0.3 is 0 Å². The fraction of sp³-hybridized carbons (Fsp3) is 0.333. The Morgan fingerprint density at radius 3 is 2.46 bits per heavy atom. The molecule has 0 amide bonds. The van der Waals surface area contributed by atoms with Crippen LogP contribution in [0.1, 0.15) is 23.7 Å². The van der Waals surface area contributed by atoms with E-state index in [0.29, 0.717) is 17.9 Å². The molecule has 0 N–H and O–H groups in total. The van der Waals surface area contributed by atoms with Gasteiger partial charge in [-0.2, -0.15) is 0 Å². The number of ether oxygens (including phenoxy) is 1. The quantitative estimate of drug-likeness (QED) is 0.734. The van der Waals surface area contributed by atoms with Crippen LogP contribution in [-0.2, 0) is 13.0 Å². The molecule has 128 valence electrons. The third kappa shape index (κ3) is 4.96. The Morgan fingerprint density at radius 2 is 1.88 bits per heavy atom. The summed E-state index contributed by atoms with van der Waals surface area (Å²) in [7, 11) is 1.96. The van der Waals surface area contributed by atoms with Crippen LogP contribution < -0.4 is 4.74 Å². The lowest BCUT2D eigenvalue weighted by molar-refractivity contribution is 0.292. The van der Waals surface area contributed by atoms with E-state index in [0.717, 1.165) is 28.9 Å². The predicted octanol–water partition coefficient (Wildman–Crippen LogP) is 4.07. The summed E-state index contributed by atoms with van der Waals surface area (Å²) in [6, 6.07) is 6.97. The molecule has 2 rings (SSSR count). The molecule has 24 heavy (non-hydrogen) atoms. The maximum atomic E-state index is 13.2. The van der Waals surface area contributed by atoms with Gasteiger partial charge in [-0.25, -0.2) is 13.8 Å². The second kappa shape index (κ2) is 8.15. The highest BCUT2D eigenvalue weighted by Crippen LogP contribution is 2.16. The number of hydrogen-bond acceptors (Lipinski definition) is 3. The minimum Gasteiger partial charge on any atom is -0.473 e. The van der Waals surface area contributed by atoms with Crippen molar-refractivity contribution in [3.8, 4) is 5.88 Å². The van der Waals surface area contributed by atoms with Gasteiger partial charge in [0.1, 0.15) is 18.2 Å². The van der Waals surface area contributed by atoms with Crippen molar-refractivity contribution in [3.63, 3.8) is 0 Å². The molecule has 2 aromatic rings. The molecule has 0 aliphatic rings. The topological polar surface area (TPSA) is 25.4 Å². The van der Waals surface area contributed by atoms with Crippen LogP contribution in [0, 0.1) is 18.6 Å². The number of rotatable bonds is 6. The summed E-state index contributed by atoms with van der Waals surface area (Å²) >= 11 is 5.39. The zero-order valence-corrected chi connectivity index (χ0v) is 14.8. The van der Waals surface area contributed by atoms with Gasteiger partial charge in [0.15, 0.2) is 0 Å². The molecule has 0 spiro atoms. The molecule has 1 aromatic carbocycles. The smallest absolute Gasteiger partial charge is 0.213 e. The molecule has 0 atom stereocenters. The minimum atomic E-state index is -0.623. The number of likely N-dealkylation sites (N-methyl/N-ethyl adjacent to an activating group) is 1. The lowest BCUT2D eigenvalue weighted by Crippen LogP contribution is -2.26. The van der Waals surface area contributed by atoms with Crippen LogP contribution in [0.15, 0.2) is 30.3 Å². The molecular weight excluding hydrogens is 330 g/mol. The zero-order chi connectivity index (χ0) is 17.7. The SMILES string of the molecule is CCN(C)C(=S)Cc1ccc(OCc2cc(F)cc(F)c2)nc1C. The molecule has 0 saturated carbocycles. The van der Waals surface area contributed by atoms with Crippen molar-refractivity contribution in [2.24, 2.45) is 0 Å². The fourth-order valence-corrected chi connectivity index (χ4v) is 2.44. The normalized spacial score (nSPS) is 10.5. The summed E-state index contributed by atoms with van der Waals surface area (Å²) in [5.41, 5.74) is 2.27. The van der Waals surface area contributed by atoms with Crippen LogP contribution in [0.5, 0.6) is 5.88 Å². The number of halogens is 2. The van der Waals surface area contributed by atoms with Gasteiger partial charge in [0.25, 0.3) is 0 Å². The Balaban J connectivity index is 2.02. The molecule has 0 radical (unpaired) electrons. The molecule has 0 saturated heterocycles. The van der Waals surface area contributed by atoms with Crippen molar-refractivity contribution in [1.29, 1.82) is 0 Å². The van der Waals surface area contributed by atoms with Gasteiger partial charge in [-0.3, -0.25) is 0 Å². The van der Waals surface area contributed by atoms with E-state index in [1.54, 1.807) is 6.07 Å². The van der Waals surface area contributed by atoms with Crippen LogP contribution >= 0.6 is 12.2 Å². The number of thiocarbonyl (C=S) groups is 1. The predicted molar refractivity (Wildman–Crippen MR) is 94.3 cm³/mol. The summed E-state index contributed by atoms with van der Waals surface area (Å²) in [6.45, 7) is 4.84. The number of benzene rings is 1. The fourth-order valence-electron chi connectivity index (χ4n) is 2.16. The van der Waals surface area contributed by atoms with E-state index in [1.807, 2.05) is 31.9 Å². The summed E-state index contributed by atoms with van der Waals surface area (Å²) < 4.78 is 31.8.